The number of benzene rings is 1. The van der Waals surface area contributed by atoms with Crippen LogP contribution in [0.4, 0.5) is 10.5 Å². The molecule has 2 N–H and O–H groups in total. The molecule has 1 aromatic heterocycles. The summed E-state index contributed by atoms with van der Waals surface area (Å²) in [7, 11) is 1.50. The van der Waals surface area contributed by atoms with Gasteiger partial charge in [-0.15, -0.1) is 0 Å². The van der Waals surface area contributed by atoms with E-state index < -0.39 is 17.0 Å². The highest BCUT2D eigenvalue weighted by Crippen LogP contribution is 2.41. The molecule has 1 atom stereocenters. The maximum absolute atomic E-state index is 13.4. The normalized spacial score (nSPS) is 19.2. The number of anilines is 1. The Morgan fingerprint density at radius 2 is 1.80 bits per heavy atom. The molecule has 188 valence electrons. The second kappa shape index (κ2) is 8.66. The molecule has 2 aromatic rings. The molecule has 0 radical (unpaired) electrons. The topological polar surface area (TPSA) is 119 Å². The fourth-order valence-corrected chi connectivity index (χ4v) is 4.86. The Kier molecular flexibility index (Phi) is 6.11. The van der Waals surface area contributed by atoms with E-state index in [2.05, 4.69) is 15.5 Å². The smallest absolute Gasteiger partial charge is 0.331 e. The average molecular weight is 483 g/mol. The van der Waals surface area contributed by atoms with E-state index in [-0.39, 0.29) is 29.7 Å². The van der Waals surface area contributed by atoms with Gasteiger partial charge in [0.15, 0.2) is 0 Å². The van der Waals surface area contributed by atoms with Gasteiger partial charge in [-0.1, -0.05) is 34.6 Å². The van der Waals surface area contributed by atoms with Crippen molar-refractivity contribution in [2.24, 2.45) is 11.3 Å². The van der Waals surface area contributed by atoms with Crippen LogP contribution in [0.2, 0.25) is 0 Å². The first-order valence-corrected chi connectivity index (χ1v) is 12.0. The first-order valence-electron chi connectivity index (χ1n) is 12.0. The molecular weight excluding hydrogens is 448 g/mol. The number of fused-ring (bicyclic) bond motifs is 1. The zero-order chi connectivity index (χ0) is 25.7. The molecule has 0 bridgehead atoms. The summed E-state index contributed by atoms with van der Waals surface area (Å²) in [6, 6.07) is 4.46. The number of likely N-dealkylation sites (tertiary alicyclic amines) is 1. The van der Waals surface area contributed by atoms with Gasteiger partial charge in [-0.25, -0.2) is 4.79 Å². The lowest BCUT2D eigenvalue weighted by Gasteiger charge is -2.43. The van der Waals surface area contributed by atoms with Gasteiger partial charge in [0.1, 0.15) is 11.6 Å². The summed E-state index contributed by atoms with van der Waals surface area (Å²) in [6.07, 6.45) is 2.31. The van der Waals surface area contributed by atoms with E-state index in [4.69, 9.17) is 0 Å². The van der Waals surface area contributed by atoms with Crippen molar-refractivity contribution in [3.8, 4) is 0 Å². The highest BCUT2D eigenvalue weighted by molar-refractivity contribution is 6.17. The van der Waals surface area contributed by atoms with Crippen molar-refractivity contribution in [3.05, 3.63) is 24.4 Å². The van der Waals surface area contributed by atoms with Crippen molar-refractivity contribution >= 4 is 40.3 Å². The van der Waals surface area contributed by atoms with Gasteiger partial charge in [0.05, 0.1) is 11.7 Å². The Bertz CT molecular complexity index is 1170. The van der Waals surface area contributed by atoms with Crippen LogP contribution in [0.5, 0.6) is 0 Å². The Morgan fingerprint density at radius 1 is 1.14 bits per heavy atom. The zero-order valence-corrected chi connectivity index (χ0v) is 21.2. The van der Waals surface area contributed by atoms with Crippen LogP contribution in [-0.4, -0.2) is 75.5 Å². The van der Waals surface area contributed by atoms with E-state index in [9.17, 15) is 19.2 Å². The molecular formula is C25H34N6O4. The molecule has 5 amide bonds. The Morgan fingerprint density at radius 3 is 2.40 bits per heavy atom. The number of hydrogen-bond acceptors (Lipinski definition) is 5. The standard InChI is InChI=1S/C25H34N6O4/c1-15(2)19(27-21(33)24(3,4)5)20(32)30-11-9-25(10-12-30)22(34)29(6)23(35)31(25)17-7-8-18-16(13-17)14-26-28-18/h7-8,13-15,19H,9-12H2,1-6H3,(H,26,28)(H,27,33). The van der Waals surface area contributed by atoms with Crippen LogP contribution in [-0.2, 0) is 14.4 Å². The third kappa shape index (κ3) is 4.15. The summed E-state index contributed by atoms with van der Waals surface area (Å²) >= 11 is 0. The van der Waals surface area contributed by atoms with Crippen LogP contribution in [0, 0.1) is 11.3 Å². The Labute approximate surface area is 205 Å². The van der Waals surface area contributed by atoms with Crippen LogP contribution >= 0.6 is 0 Å². The SMILES string of the molecule is CC(C)C(NC(=O)C(C)(C)C)C(=O)N1CCC2(CC1)C(=O)N(C)C(=O)N2c1ccc2[nH]ncc2c1. The number of urea groups is 1. The third-order valence-electron chi connectivity index (χ3n) is 7.09. The summed E-state index contributed by atoms with van der Waals surface area (Å²) in [4.78, 5) is 56.9. The van der Waals surface area contributed by atoms with Crippen molar-refractivity contribution in [1.82, 2.24) is 25.3 Å². The summed E-state index contributed by atoms with van der Waals surface area (Å²) < 4.78 is 0. The van der Waals surface area contributed by atoms with Crippen LogP contribution < -0.4 is 10.2 Å². The number of nitrogens with one attached hydrogen (secondary N) is 2. The van der Waals surface area contributed by atoms with Crippen LogP contribution in [0.1, 0.15) is 47.5 Å². The van der Waals surface area contributed by atoms with Gasteiger partial charge < -0.3 is 10.2 Å². The number of carbonyl (C=O) groups excluding carboxylic acids is 4. The zero-order valence-electron chi connectivity index (χ0n) is 21.2. The second-order valence-corrected chi connectivity index (χ2v) is 10.9. The van der Waals surface area contributed by atoms with E-state index in [0.29, 0.717) is 31.6 Å². The van der Waals surface area contributed by atoms with E-state index in [1.807, 2.05) is 46.8 Å². The molecule has 1 spiro atoms. The van der Waals surface area contributed by atoms with Gasteiger partial charge in [-0.2, -0.15) is 5.10 Å². The maximum Gasteiger partial charge on any atom is 0.331 e. The molecule has 2 aliphatic heterocycles. The largest absolute Gasteiger partial charge is 0.344 e. The molecule has 1 unspecified atom stereocenters. The van der Waals surface area contributed by atoms with Crippen LogP contribution in [0.3, 0.4) is 0 Å². The van der Waals surface area contributed by atoms with Gasteiger partial charge in [-0.3, -0.25) is 29.3 Å². The number of aromatic nitrogens is 2. The molecule has 0 aliphatic carbocycles. The number of amides is 5. The number of likely N-dealkylation sites (N-methyl/N-ethyl adjacent to an activating group) is 1. The van der Waals surface area contributed by atoms with Gasteiger partial charge in [0, 0.05) is 36.6 Å². The van der Waals surface area contributed by atoms with Crippen molar-refractivity contribution < 1.29 is 19.2 Å². The summed E-state index contributed by atoms with van der Waals surface area (Å²) in [5, 5.41) is 10.7. The fraction of sp³-hybridized carbons (Fsp3) is 0.560. The predicted octanol–water partition coefficient (Wildman–Crippen LogP) is 2.51. The molecule has 10 nitrogen and oxygen atoms in total. The number of aromatic amines is 1. The first-order chi connectivity index (χ1) is 16.4. The van der Waals surface area contributed by atoms with Crippen molar-refractivity contribution in [3.63, 3.8) is 0 Å². The average Bonchev–Trinajstić information content (AvgIpc) is 3.34. The molecule has 1 aromatic carbocycles. The van der Waals surface area contributed by atoms with Gasteiger partial charge in [-0.05, 0) is 37.0 Å². The monoisotopic (exact) mass is 482 g/mol. The third-order valence-corrected chi connectivity index (χ3v) is 7.09. The summed E-state index contributed by atoms with van der Waals surface area (Å²) in [5.41, 5.74) is -0.204. The minimum Gasteiger partial charge on any atom is -0.344 e. The van der Waals surface area contributed by atoms with Gasteiger partial charge in [0.25, 0.3) is 5.91 Å². The molecule has 2 saturated heterocycles. The minimum atomic E-state index is -1.05. The molecule has 3 heterocycles. The fourth-order valence-electron chi connectivity index (χ4n) is 4.86. The quantitative estimate of drug-likeness (QED) is 0.649. The lowest BCUT2D eigenvalue weighted by Crippen LogP contribution is -2.60. The minimum absolute atomic E-state index is 0.0938. The summed E-state index contributed by atoms with van der Waals surface area (Å²) in [6.45, 7) is 9.85. The molecule has 2 aliphatic rings. The number of rotatable bonds is 4. The molecule has 0 saturated carbocycles. The molecule has 10 heteroatoms. The predicted molar refractivity (Wildman–Crippen MR) is 132 cm³/mol. The lowest BCUT2D eigenvalue weighted by molar-refractivity contribution is -0.142. The first kappa shape index (κ1) is 24.7. The van der Waals surface area contributed by atoms with Gasteiger partial charge >= 0.3 is 6.03 Å². The highest BCUT2D eigenvalue weighted by atomic mass is 16.2. The van der Waals surface area contributed by atoms with Crippen LogP contribution in [0.15, 0.2) is 24.4 Å². The number of hydrogen-bond donors (Lipinski definition) is 2. The van der Waals surface area contributed by atoms with E-state index in [0.717, 1.165) is 15.8 Å². The van der Waals surface area contributed by atoms with Crippen LogP contribution in [0.25, 0.3) is 10.9 Å². The Balaban J connectivity index is 1.57. The number of H-pyrrole nitrogens is 1. The summed E-state index contributed by atoms with van der Waals surface area (Å²) in [5.74, 6) is -0.701. The van der Waals surface area contributed by atoms with Crippen molar-refractivity contribution in [1.29, 1.82) is 0 Å². The van der Waals surface area contributed by atoms with E-state index >= 15 is 0 Å². The number of piperidine rings is 1. The van der Waals surface area contributed by atoms with E-state index in [1.165, 1.54) is 7.05 Å². The molecule has 2 fully saturated rings. The second-order valence-electron chi connectivity index (χ2n) is 10.9. The molecule has 4 rings (SSSR count). The highest BCUT2D eigenvalue weighted by Gasteiger charge is 2.58. The van der Waals surface area contributed by atoms with E-state index in [1.54, 1.807) is 22.1 Å². The molecule has 35 heavy (non-hydrogen) atoms. The Hall–Kier alpha value is -3.43. The number of imide groups is 1. The van der Waals surface area contributed by atoms with Crippen molar-refractivity contribution in [2.45, 2.75) is 59.0 Å². The number of nitrogens with zero attached hydrogens (tertiary/aromatic N) is 4. The maximum atomic E-state index is 13.4. The van der Waals surface area contributed by atoms with Crippen molar-refractivity contribution in [2.75, 3.05) is 25.0 Å². The van der Waals surface area contributed by atoms with Gasteiger partial charge in [0.2, 0.25) is 11.8 Å². The lowest BCUT2D eigenvalue weighted by atomic mass is 9.84. The number of carbonyl (C=O) groups is 4.